The molecule has 6 nitrogen and oxygen atoms in total. The molecule has 1 atom stereocenters. The lowest BCUT2D eigenvalue weighted by molar-refractivity contribution is -0.130. The van der Waals surface area contributed by atoms with Gasteiger partial charge < -0.3 is 18.9 Å². The zero-order chi connectivity index (χ0) is 23.4. The predicted molar refractivity (Wildman–Crippen MR) is 123 cm³/mol. The van der Waals surface area contributed by atoms with Gasteiger partial charge in [-0.2, -0.15) is 0 Å². The van der Waals surface area contributed by atoms with Gasteiger partial charge in [0.1, 0.15) is 29.2 Å². The zero-order valence-electron chi connectivity index (χ0n) is 18.8. The lowest BCUT2D eigenvalue weighted by atomic mass is 10.1. The second-order valence-electron chi connectivity index (χ2n) is 8.30. The summed E-state index contributed by atoms with van der Waals surface area (Å²) in [6.07, 6.45) is 1.60. The molecule has 3 aromatic rings. The number of amides is 1. The van der Waals surface area contributed by atoms with Crippen molar-refractivity contribution in [1.29, 1.82) is 0 Å². The molecule has 172 valence electrons. The fraction of sp³-hybridized carbons (Fsp3) is 0.308. The molecule has 1 amide bonds. The van der Waals surface area contributed by atoms with E-state index in [1.807, 2.05) is 42.2 Å². The van der Waals surface area contributed by atoms with Crippen molar-refractivity contribution in [1.82, 2.24) is 9.47 Å². The minimum atomic E-state index is -0.313. The highest BCUT2D eigenvalue weighted by Gasteiger charge is 2.27. The average molecular weight is 451 g/mol. The molecular formula is C26H27FN2O4. The van der Waals surface area contributed by atoms with Crippen LogP contribution < -0.4 is 15.0 Å². The number of aryl methyl sites for hydroxylation is 2. The number of carbonyl (C=O) groups excluding carboxylic acids is 1. The van der Waals surface area contributed by atoms with Gasteiger partial charge in [-0.15, -0.1) is 0 Å². The highest BCUT2D eigenvalue weighted by molar-refractivity contribution is 5.76. The normalized spacial score (nSPS) is 15.5. The maximum absolute atomic E-state index is 13.1. The average Bonchev–Trinajstić information content (AvgIpc) is 3.26. The summed E-state index contributed by atoms with van der Waals surface area (Å²) in [7, 11) is 1.72. The van der Waals surface area contributed by atoms with Crippen molar-refractivity contribution in [3.63, 3.8) is 0 Å². The van der Waals surface area contributed by atoms with Crippen molar-refractivity contribution in [3.8, 4) is 17.2 Å². The number of nitrogens with zero attached hydrogens (tertiary/aromatic N) is 2. The molecule has 33 heavy (non-hydrogen) atoms. The molecule has 1 aliphatic rings. The van der Waals surface area contributed by atoms with Crippen molar-refractivity contribution >= 4 is 5.91 Å². The van der Waals surface area contributed by atoms with Crippen LogP contribution in [0, 0.1) is 12.7 Å². The Labute approximate surface area is 192 Å². The van der Waals surface area contributed by atoms with Gasteiger partial charge in [-0.25, -0.2) is 4.39 Å². The first-order chi connectivity index (χ1) is 15.9. The second-order valence-corrected chi connectivity index (χ2v) is 8.30. The Kier molecular flexibility index (Phi) is 6.77. The van der Waals surface area contributed by atoms with Gasteiger partial charge in [0, 0.05) is 38.2 Å². The van der Waals surface area contributed by atoms with E-state index in [0.29, 0.717) is 43.2 Å². The molecule has 4 rings (SSSR count). The summed E-state index contributed by atoms with van der Waals surface area (Å²) in [5.41, 5.74) is 1.71. The molecule has 0 N–H and O–H groups in total. The van der Waals surface area contributed by atoms with Crippen LogP contribution in [0.3, 0.4) is 0 Å². The van der Waals surface area contributed by atoms with E-state index in [1.54, 1.807) is 23.7 Å². The predicted octanol–water partition coefficient (Wildman–Crippen LogP) is 4.24. The Morgan fingerprint density at radius 3 is 2.61 bits per heavy atom. The van der Waals surface area contributed by atoms with Gasteiger partial charge in [0.25, 0.3) is 5.56 Å². The van der Waals surface area contributed by atoms with Crippen LogP contribution in [0.1, 0.15) is 24.1 Å². The molecule has 2 aromatic carbocycles. The molecule has 1 saturated heterocycles. The number of likely N-dealkylation sites (tertiary alicyclic amines) is 1. The molecule has 1 aromatic heterocycles. The topological polar surface area (TPSA) is 60.8 Å². The first kappa shape index (κ1) is 22.6. The minimum absolute atomic E-state index is 0.0751. The number of hydrogen-bond acceptors (Lipinski definition) is 4. The molecule has 0 radical (unpaired) electrons. The number of pyridine rings is 1. The number of halogens is 1. The molecular weight excluding hydrogens is 423 g/mol. The Bertz CT molecular complexity index is 1190. The number of rotatable bonds is 7. The molecule has 7 heteroatoms. The van der Waals surface area contributed by atoms with Crippen LogP contribution in [0.4, 0.5) is 4.39 Å². The number of hydrogen-bond donors (Lipinski definition) is 0. The van der Waals surface area contributed by atoms with Crippen LogP contribution >= 0.6 is 0 Å². The minimum Gasteiger partial charge on any atom is -0.488 e. The lowest BCUT2D eigenvalue weighted by Crippen LogP contribution is -2.31. The lowest BCUT2D eigenvalue weighted by Gasteiger charge is -2.18. The molecule has 0 bridgehead atoms. The van der Waals surface area contributed by atoms with E-state index >= 15 is 0 Å². The Balaban J connectivity index is 1.29. The molecule has 0 saturated carbocycles. The molecule has 1 fully saturated rings. The number of benzene rings is 2. The van der Waals surface area contributed by atoms with Crippen molar-refractivity contribution < 1.29 is 18.7 Å². The standard InChI is InChI=1S/C26H27FN2O4/c1-18-14-24(16-26(31)28(18)2)33-23-12-13-29(17-23)25(30)11-6-19-4-3-5-22(15-19)32-21-9-7-20(27)8-10-21/h3-5,7-10,14-16,23H,6,11-13,17H2,1-2H3. The first-order valence-electron chi connectivity index (χ1n) is 11.0. The van der Waals surface area contributed by atoms with Gasteiger partial charge in [-0.3, -0.25) is 9.59 Å². The Morgan fingerprint density at radius 2 is 1.85 bits per heavy atom. The van der Waals surface area contributed by atoms with Crippen LogP contribution in [-0.4, -0.2) is 34.6 Å². The number of aromatic nitrogens is 1. The van der Waals surface area contributed by atoms with E-state index in [0.717, 1.165) is 17.7 Å². The summed E-state index contributed by atoms with van der Waals surface area (Å²) >= 11 is 0. The van der Waals surface area contributed by atoms with Gasteiger partial charge >= 0.3 is 0 Å². The van der Waals surface area contributed by atoms with E-state index in [4.69, 9.17) is 9.47 Å². The van der Waals surface area contributed by atoms with Crippen molar-refractivity contribution in [2.75, 3.05) is 13.1 Å². The maximum Gasteiger partial charge on any atom is 0.254 e. The molecule has 0 aliphatic carbocycles. The van der Waals surface area contributed by atoms with Gasteiger partial charge in [-0.05, 0) is 61.4 Å². The van der Waals surface area contributed by atoms with Crippen molar-refractivity contribution in [3.05, 3.63) is 88.1 Å². The third-order valence-corrected chi connectivity index (χ3v) is 5.85. The zero-order valence-corrected chi connectivity index (χ0v) is 18.8. The first-order valence-corrected chi connectivity index (χ1v) is 11.0. The van der Waals surface area contributed by atoms with E-state index < -0.39 is 0 Å². The highest BCUT2D eigenvalue weighted by atomic mass is 19.1. The second kappa shape index (κ2) is 9.90. The van der Waals surface area contributed by atoms with Crippen LogP contribution in [0.5, 0.6) is 17.2 Å². The summed E-state index contributed by atoms with van der Waals surface area (Å²) < 4.78 is 26.4. The third kappa shape index (κ3) is 5.80. The van der Waals surface area contributed by atoms with E-state index in [-0.39, 0.29) is 23.4 Å². The van der Waals surface area contributed by atoms with Gasteiger partial charge in [-0.1, -0.05) is 12.1 Å². The van der Waals surface area contributed by atoms with Gasteiger partial charge in [0.15, 0.2) is 0 Å². The van der Waals surface area contributed by atoms with E-state index in [2.05, 4.69) is 0 Å². The third-order valence-electron chi connectivity index (χ3n) is 5.85. The number of carbonyl (C=O) groups is 1. The van der Waals surface area contributed by atoms with Crippen LogP contribution in [0.2, 0.25) is 0 Å². The Morgan fingerprint density at radius 1 is 1.06 bits per heavy atom. The smallest absolute Gasteiger partial charge is 0.254 e. The van der Waals surface area contributed by atoms with Gasteiger partial charge in [0.05, 0.1) is 6.54 Å². The van der Waals surface area contributed by atoms with Crippen LogP contribution in [0.15, 0.2) is 65.5 Å². The largest absolute Gasteiger partial charge is 0.488 e. The quantitative estimate of drug-likeness (QED) is 0.540. The number of ether oxygens (including phenoxy) is 2. The Hall–Kier alpha value is -3.61. The SMILES string of the molecule is Cc1cc(OC2CCN(C(=O)CCc3cccc(Oc4ccc(F)cc4)c3)C2)cc(=O)n1C. The molecule has 1 unspecified atom stereocenters. The fourth-order valence-corrected chi connectivity index (χ4v) is 3.86. The summed E-state index contributed by atoms with van der Waals surface area (Å²) in [5.74, 6) is 1.51. The highest BCUT2D eigenvalue weighted by Crippen LogP contribution is 2.24. The van der Waals surface area contributed by atoms with Gasteiger partial charge in [0.2, 0.25) is 5.91 Å². The summed E-state index contributed by atoms with van der Waals surface area (Å²) in [6, 6.07) is 16.7. The van der Waals surface area contributed by atoms with E-state index in [1.165, 1.54) is 18.2 Å². The van der Waals surface area contributed by atoms with E-state index in [9.17, 15) is 14.0 Å². The fourth-order valence-electron chi connectivity index (χ4n) is 3.86. The van der Waals surface area contributed by atoms with Crippen molar-refractivity contribution in [2.24, 2.45) is 7.05 Å². The van der Waals surface area contributed by atoms with Crippen LogP contribution in [-0.2, 0) is 18.3 Å². The molecule has 0 spiro atoms. The van der Waals surface area contributed by atoms with Crippen molar-refractivity contribution in [2.45, 2.75) is 32.3 Å². The summed E-state index contributed by atoms with van der Waals surface area (Å²) in [5, 5.41) is 0. The van der Waals surface area contributed by atoms with Crippen LogP contribution in [0.25, 0.3) is 0 Å². The molecule has 2 heterocycles. The monoisotopic (exact) mass is 450 g/mol. The summed E-state index contributed by atoms with van der Waals surface area (Å²) in [6.45, 7) is 3.01. The maximum atomic E-state index is 13.1. The molecule has 1 aliphatic heterocycles. The summed E-state index contributed by atoms with van der Waals surface area (Å²) in [4.78, 5) is 26.5.